The third kappa shape index (κ3) is 5.50. The van der Waals surface area contributed by atoms with E-state index in [-0.39, 0.29) is 24.5 Å². The summed E-state index contributed by atoms with van der Waals surface area (Å²) >= 11 is 1.19. The molecule has 0 spiro atoms. The molecule has 0 radical (unpaired) electrons. The van der Waals surface area contributed by atoms with Crippen molar-refractivity contribution in [2.75, 3.05) is 19.6 Å². The van der Waals surface area contributed by atoms with Crippen molar-refractivity contribution in [1.29, 1.82) is 0 Å². The monoisotopic (exact) mass is 386 g/mol. The highest BCUT2D eigenvalue weighted by molar-refractivity contribution is 7.91. The Labute approximate surface area is 151 Å². The molecule has 1 aromatic heterocycles. The highest BCUT2D eigenvalue weighted by Crippen LogP contribution is 2.19. The molecular formula is C15H22N4O4S2. The Bertz CT molecular complexity index is 708. The molecule has 10 heteroatoms. The van der Waals surface area contributed by atoms with Crippen LogP contribution in [0.4, 0.5) is 4.79 Å². The van der Waals surface area contributed by atoms with Gasteiger partial charge in [-0.1, -0.05) is 6.07 Å². The summed E-state index contributed by atoms with van der Waals surface area (Å²) in [4.78, 5) is 25.3. The first-order chi connectivity index (χ1) is 11.9. The summed E-state index contributed by atoms with van der Waals surface area (Å²) in [6.07, 6.45) is 3.20. The Morgan fingerprint density at radius 2 is 1.88 bits per heavy atom. The van der Waals surface area contributed by atoms with E-state index in [0.717, 1.165) is 12.8 Å². The Morgan fingerprint density at radius 1 is 1.16 bits per heavy atom. The van der Waals surface area contributed by atoms with Crippen LogP contribution in [-0.4, -0.2) is 57.0 Å². The number of imide groups is 1. The van der Waals surface area contributed by atoms with Gasteiger partial charge in [0.1, 0.15) is 4.21 Å². The molecule has 3 amide bonds. The fourth-order valence-electron chi connectivity index (χ4n) is 2.72. The van der Waals surface area contributed by atoms with E-state index in [0.29, 0.717) is 30.1 Å². The molecule has 8 nitrogen and oxygen atoms in total. The summed E-state index contributed by atoms with van der Waals surface area (Å²) < 4.78 is 27.5. The molecule has 1 aromatic rings. The summed E-state index contributed by atoms with van der Waals surface area (Å²) in [5, 5.41) is 6.76. The Morgan fingerprint density at radius 3 is 2.48 bits per heavy atom. The van der Waals surface area contributed by atoms with E-state index in [1.54, 1.807) is 17.5 Å². The molecule has 2 aliphatic rings. The quantitative estimate of drug-likeness (QED) is 0.659. The lowest BCUT2D eigenvalue weighted by Crippen LogP contribution is -2.49. The fraction of sp³-hybridized carbons (Fsp3) is 0.600. The number of hydrogen-bond acceptors (Lipinski definition) is 6. The van der Waals surface area contributed by atoms with Crippen LogP contribution in [0.1, 0.15) is 25.7 Å². The number of carbonyl (C=O) groups is 2. The smallest absolute Gasteiger partial charge is 0.321 e. The van der Waals surface area contributed by atoms with Crippen LogP contribution in [0.5, 0.6) is 0 Å². The molecule has 1 saturated heterocycles. The maximum absolute atomic E-state index is 12.2. The second-order valence-corrected chi connectivity index (χ2v) is 9.29. The topological polar surface area (TPSA) is 108 Å². The van der Waals surface area contributed by atoms with Crippen LogP contribution < -0.4 is 15.4 Å². The molecule has 1 aliphatic heterocycles. The van der Waals surface area contributed by atoms with Crippen molar-refractivity contribution in [2.24, 2.45) is 0 Å². The average Bonchev–Trinajstić information content (AvgIpc) is 3.16. The summed E-state index contributed by atoms with van der Waals surface area (Å²) in [6.45, 7) is 1.35. The molecule has 25 heavy (non-hydrogen) atoms. The van der Waals surface area contributed by atoms with E-state index in [2.05, 4.69) is 15.4 Å². The van der Waals surface area contributed by atoms with Crippen LogP contribution in [0.25, 0.3) is 0 Å². The fourth-order valence-corrected chi connectivity index (χ4v) is 5.04. The molecule has 3 N–H and O–H groups in total. The number of nitrogens with one attached hydrogen (secondary N) is 3. The first-order valence-corrected chi connectivity index (χ1v) is 10.7. The zero-order chi connectivity index (χ0) is 17.9. The van der Waals surface area contributed by atoms with Crippen molar-refractivity contribution in [3.05, 3.63) is 17.5 Å². The van der Waals surface area contributed by atoms with E-state index >= 15 is 0 Å². The lowest BCUT2D eigenvalue weighted by molar-refractivity contribution is -0.121. The Balaban J connectivity index is 1.39. The minimum Gasteiger partial charge on any atom is -0.335 e. The molecule has 0 aromatic carbocycles. The van der Waals surface area contributed by atoms with Crippen molar-refractivity contribution in [3.8, 4) is 0 Å². The third-order valence-electron chi connectivity index (χ3n) is 4.20. The largest absolute Gasteiger partial charge is 0.335 e. The summed E-state index contributed by atoms with van der Waals surface area (Å²) in [5.74, 6) is -0.337. The number of sulfonamides is 1. The van der Waals surface area contributed by atoms with Gasteiger partial charge in [0.15, 0.2) is 0 Å². The zero-order valence-corrected chi connectivity index (χ0v) is 15.4. The molecule has 1 saturated carbocycles. The normalized spacial score (nSPS) is 19.5. The second-order valence-electron chi connectivity index (χ2n) is 6.40. The lowest BCUT2D eigenvalue weighted by atomic mass is 10.1. The van der Waals surface area contributed by atoms with Crippen molar-refractivity contribution in [3.63, 3.8) is 0 Å². The molecule has 0 bridgehead atoms. The number of piperidine rings is 1. The number of amides is 3. The van der Waals surface area contributed by atoms with Gasteiger partial charge in [-0.15, -0.1) is 11.3 Å². The number of carbonyl (C=O) groups excluding carboxylic acids is 2. The number of urea groups is 1. The van der Waals surface area contributed by atoms with E-state index in [4.69, 9.17) is 0 Å². The maximum atomic E-state index is 12.2. The number of thiophene rings is 1. The molecule has 138 valence electrons. The second kappa shape index (κ2) is 7.81. The highest BCUT2D eigenvalue weighted by atomic mass is 32.2. The summed E-state index contributed by atoms with van der Waals surface area (Å²) in [7, 11) is -3.46. The standard InChI is InChI=1S/C15H22N4O4S2/c20-13(17-15(21)16-11-3-4-11)10-19-7-5-12(6-8-19)18-25(22,23)14-2-1-9-24-14/h1-2,9,11-12,18H,3-8,10H2,(H2,16,17,20,21). The van der Waals surface area contributed by atoms with E-state index in [1.165, 1.54) is 11.3 Å². The lowest BCUT2D eigenvalue weighted by Gasteiger charge is -2.31. The zero-order valence-electron chi connectivity index (χ0n) is 13.7. The van der Waals surface area contributed by atoms with Gasteiger partial charge in [0.2, 0.25) is 15.9 Å². The predicted octanol–water partition coefficient (Wildman–Crippen LogP) is 0.479. The summed E-state index contributed by atoms with van der Waals surface area (Å²) in [5.41, 5.74) is 0. The number of nitrogens with zero attached hydrogens (tertiary/aromatic N) is 1. The third-order valence-corrected chi connectivity index (χ3v) is 7.12. The molecule has 3 rings (SSSR count). The average molecular weight is 386 g/mol. The first-order valence-electron chi connectivity index (χ1n) is 8.31. The number of rotatable bonds is 6. The highest BCUT2D eigenvalue weighted by Gasteiger charge is 2.27. The number of hydrogen-bond donors (Lipinski definition) is 3. The molecule has 0 atom stereocenters. The molecule has 2 fully saturated rings. The van der Waals surface area contributed by atoms with Crippen LogP contribution >= 0.6 is 11.3 Å². The van der Waals surface area contributed by atoms with Gasteiger partial charge in [0.05, 0.1) is 6.54 Å². The molecule has 2 heterocycles. The minimum atomic E-state index is -3.46. The Hall–Kier alpha value is -1.49. The van der Waals surface area contributed by atoms with Crippen LogP contribution in [0, 0.1) is 0 Å². The predicted molar refractivity (Wildman–Crippen MR) is 93.8 cm³/mol. The molecular weight excluding hydrogens is 364 g/mol. The van der Waals surface area contributed by atoms with Gasteiger partial charge in [-0.2, -0.15) is 0 Å². The van der Waals surface area contributed by atoms with Crippen LogP contribution in [0.3, 0.4) is 0 Å². The van der Waals surface area contributed by atoms with E-state index < -0.39 is 16.1 Å². The first kappa shape index (κ1) is 18.3. The van der Waals surface area contributed by atoms with Crippen molar-refractivity contribution < 1.29 is 18.0 Å². The SMILES string of the molecule is O=C(CN1CCC(NS(=O)(=O)c2cccs2)CC1)NC(=O)NC1CC1. The van der Waals surface area contributed by atoms with E-state index in [9.17, 15) is 18.0 Å². The van der Waals surface area contributed by atoms with Crippen molar-refractivity contribution >= 4 is 33.3 Å². The summed E-state index contributed by atoms with van der Waals surface area (Å²) in [6, 6.07) is 2.93. The van der Waals surface area contributed by atoms with Crippen LogP contribution in [0.2, 0.25) is 0 Å². The molecule has 1 aliphatic carbocycles. The van der Waals surface area contributed by atoms with E-state index in [1.807, 2.05) is 4.90 Å². The van der Waals surface area contributed by atoms with Crippen molar-refractivity contribution in [2.45, 2.75) is 42.0 Å². The minimum absolute atomic E-state index is 0.135. The Kier molecular flexibility index (Phi) is 5.72. The van der Waals surface area contributed by atoms with Crippen LogP contribution in [-0.2, 0) is 14.8 Å². The van der Waals surface area contributed by atoms with Gasteiger partial charge in [0.25, 0.3) is 0 Å². The van der Waals surface area contributed by atoms with Gasteiger partial charge in [0, 0.05) is 25.2 Å². The number of likely N-dealkylation sites (tertiary alicyclic amines) is 1. The van der Waals surface area contributed by atoms with Gasteiger partial charge in [-0.05, 0) is 37.1 Å². The van der Waals surface area contributed by atoms with Gasteiger partial charge in [-0.3, -0.25) is 15.0 Å². The van der Waals surface area contributed by atoms with Crippen LogP contribution in [0.15, 0.2) is 21.7 Å². The molecule has 0 unspecified atom stereocenters. The maximum Gasteiger partial charge on any atom is 0.321 e. The van der Waals surface area contributed by atoms with Gasteiger partial charge in [-0.25, -0.2) is 17.9 Å². The van der Waals surface area contributed by atoms with Gasteiger partial charge >= 0.3 is 6.03 Å². The van der Waals surface area contributed by atoms with Gasteiger partial charge < -0.3 is 5.32 Å². The van der Waals surface area contributed by atoms with Crippen molar-refractivity contribution in [1.82, 2.24) is 20.3 Å².